The number of halogens is 1. The molecule has 2 aromatic rings. The number of benzene rings is 1. The van der Waals surface area contributed by atoms with Gasteiger partial charge in [-0.25, -0.2) is 4.98 Å². The zero-order valence-electron chi connectivity index (χ0n) is 11.5. The summed E-state index contributed by atoms with van der Waals surface area (Å²) in [5.41, 5.74) is 9.69. The molecule has 3 rings (SSSR count). The number of thiazole rings is 1. The molecule has 0 fully saturated rings. The summed E-state index contributed by atoms with van der Waals surface area (Å²) in [6, 6.07) is 4.13. The number of rotatable bonds is 2. The molecule has 1 aliphatic heterocycles. The van der Waals surface area contributed by atoms with Crippen molar-refractivity contribution in [1.82, 2.24) is 4.98 Å². The van der Waals surface area contributed by atoms with Gasteiger partial charge >= 0.3 is 0 Å². The van der Waals surface area contributed by atoms with Crippen molar-refractivity contribution in [2.45, 2.75) is 13.3 Å². The predicted octanol–water partition coefficient (Wildman–Crippen LogP) is 3.57. The van der Waals surface area contributed by atoms with E-state index in [2.05, 4.69) is 27.0 Å². The van der Waals surface area contributed by atoms with Crippen LogP contribution in [0.25, 0.3) is 12.2 Å². The van der Waals surface area contributed by atoms with Crippen molar-refractivity contribution in [2.24, 2.45) is 0 Å². The first-order valence-corrected chi connectivity index (χ1v) is 8.21. The van der Waals surface area contributed by atoms with Crippen LogP contribution in [-0.2, 0) is 11.2 Å². The van der Waals surface area contributed by atoms with Gasteiger partial charge in [-0.2, -0.15) is 0 Å². The van der Waals surface area contributed by atoms with E-state index in [0.29, 0.717) is 5.13 Å². The maximum atomic E-state index is 11.7. The SMILES string of the molecule is CC(=O)N1CCc2cc(Br)c(C=Cc3csc(N)n3)cc21. The summed E-state index contributed by atoms with van der Waals surface area (Å²) in [6.07, 6.45) is 4.81. The Balaban J connectivity index is 1.95. The third-order valence-corrected chi connectivity index (χ3v) is 4.83. The predicted molar refractivity (Wildman–Crippen MR) is 91.3 cm³/mol. The minimum absolute atomic E-state index is 0.0817. The van der Waals surface area contributed by atoms with Crippen molar-refractivity contribution >= 4 is 56.1 Å². The first kappa shape index (κ1) is 14.3. The van der Waals surface area contributed by atoms with Crippen molar-refractivity contribution in [1.29, 1.82) is 0 Å². The molecule has 0 radical (unpaired) electrons. The van der Waals surface area contributed by atoms with Crippen molar-refractivity contribution in [3.8, 4) is 0 Å². The second-order valence-corrected chi connectivity index (χ2v) is 6.61. The van der Waals surface area contributed by atoms with Gasteiger partial charge in [0.05, 0.1) is 5.69 Å². The van der Waals surface area contributed by atoms with Crippen LogP contribution in [0.2, 0.25) is 0 Å². The highest BCUT2D eigenvalue weighted by Gasteiger charge is 2.23. The van der Waals surface area contributed by atoms with Crippen LogP contribution < -0.4 is 10.6 Å². The molecule has 1 aromatic heterocycles. The average molecular weight is 364 g/mol. The first-order valence-electron chi connectivity index (χ1n) is 6.54. The van der Waals surface area contributed by atoms with Crippen LogP contribution >= 0.6 is 27.3 Å². The zero-order valence-corrected chi connectivity index (χ0v) is 13.9. The van der Waals surface area contributed by atoms with E-state index < -0.39 is 0 Å². The summed E-state index contributed by atoms with van der Waals surface area (Å²) in [6.45, 7) is 2.36. The molecule has 0 saturated heterocycles. The zero-order chi connectivity index (χ0) is 15.0. The molecule has 4 nitrogen and oxygen atoms in total. The lowest BCUT2D eigenvalue weighted by atomic mass is 10.1. The van der Waals surface area contributed by atoms with Gasteiger partial charge in [-0.3, -0.25) is 4.79 Å². The lowest BCUT2D eigenvalue weighted by molar-refractivity contribution is -0.116. The maximum Gasteiger partial charge on any atom is 0.223 e. The topological polar surface area (TPSA) is 59.2 Å². The smallest absolute Gasteiger partial charge is 0.223 e. The molecule has 0 atom stereocenters. The number of carbonyl (C=O) groups excluding carboxylic acids is 1. The molecule has 0 bridgehead atoms. The molecule has 0 unspecified atom stereocenters. The molecule has 21 heavy (non-hydrogen) atoms. The second kappa shape index (κ2) is 5.61. The van der Waals surface area contributed by atoms with Crippen LogP contribution in [0.5, 0.6) is 0 Å². The van der Waals surface area contributed by atoms with Gasteiger partial charge in [0.2, 0.25) is 5.91 Å². The number of nitrogens with two attached hydrogens (primary N) is 1. The lowest BCUT2D eigenvalue weighted by Crippen LogP contribution is -2.25. The molecule has 6 heteroatoms. The molecule has 1 amide bonds. The second-order valence-electron chi connectivity index (χ2n) is 4.87. The van der Waals surface area contributed by atoms with Crippen LogP contribution in [0.4, 0.5) is 10.8 Å². The minimum Gasteiger partial charge on any atom is -0.375 e. The highest BCUT2D eigenvalue weighted by Crippen LogP contribution is 2.34. The summed E-state index contributed by atoms with van der Waals surface area (Å²) in [4.78, 5) is 17.7. The number of amides is 1. The number of anilines is 2. The van der Waals surface area contributed by atoms with Gasteiger partial charge < -0.3 is 10.6 Å². The quantitative estimate of drug-likeness (QED) is 0.886. The fraction of sp³-hybridized carbons (Fsp3) is 0.200. The summed E-state index contributed by atoms with van der Waals surface area (Å²) in [5.74, 6) is 0.0817. The normalized spacial score (nSPS) is 13.9. The van der Waals surface area contributed by atoms with Gasteiger partial charge in [-0.05, 0) is 35.8 Å². The number of aromatic nitrogens is 1. The first-order chi connectivity index (χ1) is 10.0. The van der Waals surface area contributed by atoms with E-state index in [0.717, 1.165) is 34.4 Å². The van der Waals surface area contributed by atoms with Crippen molar-refractivity contribution < 1.29 is 4.79 Å². The minimum atomic E-state index is 0.0817. The number of hydrogen-bond donors (Lipinski definition) is 1. The van der Waals surface area contributed by atoms with Crippen molar-refractivity contribution in [2.75, 3.05) is 17.2 Å². The van der Waals surface area contributed by atoms with E-state index >= 15 is 0 Å². The Morgan fingerprint density at radius 3 is 2.95 bits per heavy atom. The molecule has 2 heterocycles. The van der Waals surface area contributed by atoms with Crippen LogP contribution in [0.3, 0.4) is 0 Å². The Bertz CT molecular complexity index is 739. The van der Waals surface area contributed by atoms with E-state index in [1.165, 1.54) is 16.9 Å². The number of fused-ring (bicyclic) bond motifs is 1. The van der Waals surface area contributed by atoms with Crippen LogP contribution in [0.15, 0.2) is 22.0 Å². The number of nitrogens with zero attached hydrogens (tertiary/aromatic N) is 2. The van der Waals surface area contributed by atoms with Crippen LogP contribution in [-0.4, -0.2) is 17.4 Å². The fourth-order valence-electron chi connectivity index (χ4n) is 2.43. The molecular weight excluding hydrogens is 350 g/mol. The third kappa shape index (κ3) is 2.87. The van der Waals surface area contributed by atoms with Gasteiger partial charge in [0.1, 0.15) is 0 Å². The molecule has 1 aliphatic rings. The Morgan fingerprint density at radius 1 is 1.48 bits per heavy atom. The molecule has 0 saturated carbocycles. The molecule has 0 aliphatic carbocycles. The maximum absolute atomic E-state index is 11.7. The highest BCUT2D eigenvalue weighted by molar-refractivity contribution is 9.10. The Kier molecular flexibility index (Phi) is 3.82. The number of hydrogen-bond acceptors (Lipinski definition) is 4. The summed E-state index contributed by atoms with van der Waals surface area (Å²) in [5, 5.41) is 2.47. The molecule has 0 spiro atoms. The van der Waals surface area contributed by atoms with E-state index in [1.54, 1.807) is 6.92 Å². The molecule has 108 valence electrons. The van der Waals surface area contributed by atoms with Crippen molar-refractivity contribution in [3.05, 3.63) is 38.8 Å². The molecule has 2 N–H and O–H groups in total. The average Bonchev–Trinajstić information content (AvgIpc) is 3.02. The van der Waals surface area contributed by atoms with Crippen LogP contribution in [0, 0.1) is 0 Å². The number of nitrogen functional groups attached to an aromatic ring is 1. The van der Waals surface area contributed by atoms with E-state index in [9.17, 15) is 4.79 Å². The van der Waals surface area contributed by atoms with E-state index in [-0.39, 0.29) is 5.91 Å². The summed E-state index contributed by atoms with van der Waals surface area (Å²) < 4.78 is 1.02. The summed E-state index contributed by atoms with van der Waals surface area (Å²) in [7, 11) is 0. The monoisotopic (exact) mass is 363 g/mol. The molecular formula is C15H14BrN3OS. The van der Waals surface area contributed by atoms with Crippen LogP contribution in [0.1, 0.15) is 23.7 Å². The van der Waals surface area contributed by atoms with Crippen molar-refractivity contribution in [3.63, 3.8) is 0 Å². The fourth-order valence-corrected chi connectivity index (χ4v) is 3.48. The highest BCUT2D eigenvalue weighted by atomic mass is 79.9. The van der Waals surface area contributed by atoms with E-state index in [1.807, 2.05) is 28.5 Å². The third-order valence-electron chi connectivity index (χ3n) is 3.45. The largest absolute Gasteiger partial charge is 0.375 e. The Labute approximate surface area is 135 Å². The van der Waals surface area contributed by atoms with Gasteiger partial charge in [0.15, 0.2) is 5.13 Å². The Hall–Kier alpha value is -1.66. The lowest BCUT2D eigenvalue weighted by Gasteiger charge is -2.15. The number of carbonyl (C=O) groups is 1. The Morgan fingerprint density at radius 2 is 2.29 bits per heavy atom. The van der Waals surface area contributed by atoms with Gasteiger partial charge in [-0.15, -0.1) is 11.3 Å². The van der Waals surface area contributed by atoms with Gasteiger partial charge in [0, 0.05) is 29.0 Å². The van der Waals surface area contributed by atoms with E-state index in [4.69, 9.17) is 5.73 Å². The molecule has 1 aromatic carbocycles. The van der Waals surface area contributed by atoms with Gasteiger partial charge in [0.25, 0.3) is 0 Å². The standard InChI is InChI=1S/C15H14BrN3OS/c1-9(20)19-5-4-11-6-13(16)10(7-14(11)19)2-3-12-8-21-15(17)18-12/h2-3,6-8H,4-5H2,1H3,(H2,17,18). The van der Waals surface area contributed by atoms with Gasteiger partial charge in [-0.1, -0.05) is 22.0 Å². The summed E-state index contributed by atoms with van der Waals surface area (Å²) >= 11 is 5.01.